The molecule has 17 heavy (non-hydrogen) atoms. The summed E-state index contributed by atoms with van der Waals surface area (Å²) < 4.78 is 32.1. The van der Waals surface area contributed by atoms with Crippen LogP contribution in [0.4, 0.5) is 8.78 Å². The molecule has 1 aliphatic carbocycles. The molecule has 1 atom stereocenters. The normalized spacial score (nSPS) is 16.9. The zero-order valence-corrected chi connectivity index (χ0v) is 10.4. The lowest BCUT2D eigenvalue weighted by molar-refractivity contribution is 0.255. The summed E-state index contributed by atoms with van der Waals surface area (Å²) in [5.74, 6) is -0.843. The van der Waals surface area contributed by atoms with E-state index >= 15 is 0 Å². The van der Waals surface area contributed by atoms with E-state index in [1.165, 1.54) is 19.2 Å². The van der Waals surface area contributed by atoms with Gasteiger partial charge in [0.05, 0.1) is 7.11 Å². The van der Waals surface area contributed by atoms with Crippen molar-refractivity contribution in [2.45, 2.75) is 25.3 Å². The molecular weight excluding hydrogens is 248 g/mol. The molecule has 0 spiro atoms. The average Bonchev–Trinajstić information content (AvgIpc) is 2.13. The summed E-state index contributed by atoms with van der Waals surface area (Å²) >= 11 is 0. The van der Waals surface area contributed by atoms with Crippen molar-refractivity contribution in [1.82, 2.24) is 0 Å². The summed E-state index contributed by atoms with van der Waals surface area (Å²) in [5, 5.41) is 0. The van der Waals surface area contributed by atoms with Crippen molar-refractivity contribution in [1.29, 1.82) is 0 Å². The fraction of sp³-hybridized carbons (Fsp3) is 0.500. The van der Waals surface area contributed by atoms with Gasteiger partial charge in [-0.05, 0) is 18.8 Å². The lowest BCUT2D eigenvalue weighted by Gasteiger charge is -2.31. The second-order valence-corrected chi connectivity index (χ2v) is 4.22. The van der Waals surface area contributed by atoms with Crippen LogP contribution in [0.1, 0.15) is 30.9 Å². The van der Waals surface area contributed by atoms with E-state index in [0.29, 0.717) is 0 Å². The van der Waals surface area contributed by atoms with Crippen LogP contribution in [0.2, 0.25) is 0 Å². The summed E-state index contributed by atoms with van der Waals surface area (Å²) in [4.78, 5) is 0. The maximum absolute atomic E-state index is 13.7. The highest BCUT2D eigenvalue weighted by molar-refractivity contribution is 5.85. The summed E-state index contributed by atoms with van der Waals surface area (Å²) in [7, 11) is 1.37. The lowest BCUT2D eigenvalue weighted by Crippen LogP contribution is -2.28. The Kier molecular flexibility index (Phi) is 4.71. The van der Waals surface area contributed by atoms with Crippen LogP contribution in [-0.2, 0) is 0 Å². The van der Waals surface area contributed by atoms with Crippen LogP contribution < -0.4 is 10.5 Å². The third kappa shape index (κ3) is 2.69. The van der Waals surface area contributed by atoms with E-state index in [2.05, 4.69) is 0 Å². The van der Waals surface area contributed by atoms with Gasteiger partial charge in [-0.1, -0.05) is 6.42 Å². The molecule has 0 aromatic heterocycles. The van der Waals surface area contributed by atoms with Gasteiger partial charge in [-0.25, -0.2) is 8.78 Å². The van der Waals surface area contributed by atoms with Crippen molar-refractivity contribution in [2.75, 3.05) is 7.11 Å². The van der Waals surface area contributed by atoms with Gasteiger partial charge >= 0.3 is 0 Å². The Morgan fingerprint density at radius 3 is 2.18 bits per heavy atom. The number of rotatable bonds is 3. The number of nitrogens with two attached hydrogens (primary N) is 1. The molecule has 0 bridgehead atoms. The van der Waals surface area contributed by atoms with Crippen molar-refractivity contribution in [3.8, 4) is 5.75 Å². The predicted molar refractivity (Wildman–Crippen MR) is 64.4 cm³/mol. The van der Waals surface area contributed by atoms with E-state index in [1.807, 2.05) is 0 Å². The van der Waals surface area contributed by atoms with E-state index in [0.717, 1.165) is 19.3 Å². The summed E-state index contributed by atoms with van der Waals surface area (Å²) in [6.07, 6.45) is 3.00. The second kappa shape index (κ2) is 5.65. The highest BCUT2D eigenvalue weighted by atomic mass is 35.5. The molecule has 0 amide bonds. The first-order valence-corrected chi connectivity index (χ1v) is 5.42. The Morgan fingerprint density at radius 2 is 1.82 bits per heavy atom. The molecular formula is C12H16ClF2NO. The maximum Gasteiger partial charge on any atom is 0.134 e. The van der Waals surface area contributed by atoms with Gasteiger partial charge in [0.1, 0.15) is 17.4 Å². The largest absolute Gasteiger partial charge is 0.497 e. The molecule has 1 aromatic rings. The van der Waals surface area contributed by atoms with E-state index in [4.69, 9.17) is 10.5 Å². The number of hydrogen-bond donors (Lipinski definition) is 1. The first-order valence-electron chi connectivity index (χ1n) is 5.42. The minimum absolute atomic E-state index is 0. The molecule has 2 nitrogen and oxygen atoms in total. The number of hydrogen-bond acceptors (Lipinski definition) is 2. The maximum atomic E-state index is 13.7. The van der Waals surface area contributed by atoms with Crippen LogP contribution in [0.15, 0.2) is 12.1 Å². The van der Waals surface area contributed by atoms with Gasteiger partial charge in [0.25, 0.3) is 0 Å². The van der Waals surface area contributed by atoms with Gasteiger partial charge in [-0.15, -0.1) is 12.4 Å². The van der Waals surface area contributed by atoms with Crippen LogP contribution in [0, 0.1) is 17.6 Å². The number of benzene rings is 1. The fourth-order valence-electron chi connectivity index (χ4n) is 2.03. The molecule has 1 fully saturated rings. The monoisotopic (exact) mass is 263 g/mol. The van der Waals surface area contributed by atoms with Crippen molar-refractivity contribution in [3.63, 3.8) is 0 Å². The van der Waals surface area contributed by atoms with Gasteiger partial charge in [-0.3, -0.25) is 0 Å². The lowest BCUT2D eigenvalue weighted by atomic mass is 9.77. The Hall–Kier alpha value is -0.870. The van der Waals surface area contributed by atoms with E-state index in [-0.39, 0.29) is 29.6 Å². The quantitative estimate of drug-likeness (QED) is 0.909. The Bertz CT molecular complexity index is 373. The number of ether oxygens (including phenoxy) is 1. The van der Waals surface area contributed by atoms with Crippen LogP contribution >= 0.6 is 12.4 Å². The van der Waals surface area contributed by atoms with Gasteiger partial charge in [0.2, 0.25) is 0 Å². The van der Waals surface area contributed by atoms with Crippen molar-refractivity contribution < 1.29 is 13.5 Å². The predicted octanol–water partition coefficient (Wildman–Crippen LogP) is 3.20. The zero-order valence-electron chi connectivity index (χ0n) is 9.58. The molecule has 0 saturated heterocycles. The number of halogens is 3. The van der Waals surface area contributed by atoms with Crippen molar-refractivity contribution >= 4 is 12.4 Å². The van der Waals surface area contributed by atoms with Gasteiger partial charge in [0, 0.05) is 23.7 Å². The van der Waals surface area contributed by atoms with Crippen molar-refractivity contribution in [3.05, 3.63) is 29.3 Å². The molecule has 2 N–H and O–H groups in total. The Balaban J connectivity index is 0.00000144. The highest BCUT2D eigenvalue weighted by Crippen LogP contribution is 2.38. The van der Waals surface area contributed by atoms with Crippen LogP contribution in [0.3, 0.4) is 0 Å². The Morgan fingerprint density at radius 1 is 1.29 bits per heavy atom. The third-order valence-electron chi connectivity index (χ3n) is 3.28. The average molecular weight is 264 g/mol. The summed E-state index contributed by atoms with van der Waals surface area (Å²) in [6, 6.07) is 1.81. The van der Waals surface area contributed by atoms with Gasteiger partial charge < -0.3 is 10.5 Å². The minimum Gasteiger partial charge on any atom is -0.497 e. The third-order valence-corrected chi connectivity index (χ3v) is 3.28. The standard InChI is InChI=1S/C12H15F2NO.ClH/c1-16-8-5-9(13)11(10(14)6-8)12(15)7-3-2-4-7;/h5-7,12H,2-4,15H2,1H3;1H/t12-;/m0./s1. The molecule has 1 aliphatic rings. The molecule has 5 heteroatoms. The highest BCUT2D eigenvalue weighted by Gasteiger charge is 2.29. The van der Waals surface area contributed by atoms with E-state index < -0.39 is 17.7 Å². The van der Waals surface area contributed by atoms with Crippen LogP contribution in [0.25, 0.3) is 0 Å². The molecule has 2 rings (SSSR count). The van der Waals surface area contributed by atoms with Gasteiger partial charge in [-0.2, -0.15) is 0 Å². The second-order valence-electron chi connectivity index (χ2n) is 4.22. The minimum atomic E-state index is -0.615. The topological polar surface area (TPSA) is 35.2 Å². The van der Waals surface area contributed by atoms with Crippen LogP contribution in [0.5, 0.6) is 5.75 Å². The first kappa shape index (κ1) is 14.2. The SMILES string of the molecule is COc1cc(F)c([C@@H](N)C2CCC2)c(F)c1.Cl. The molecule has 1 aromatic carbocycles. The Labute approximate surface area is 106 Å². The zero-order chi connectivity index (χ0) is 11.7. The van der Waals surface area contributed by atoms with E-state index in [9.17, 15) is 8.78 Å². The fourth-order valence-corrected chi connectivity index (χ4v) is 2.03. The molecule has 0 unspecified atom stereocenters. The van der Waals surface area contributed by atoms with Crippen molar-refractivity contribution in [2.24, 2.45) is 11.7 Å². The number of methoxy groups -OCH3 is 1. The molecule has 0 aliphatic heterocycles. The molecule has 1 saturated carbocycles. The van der Waals surface area contributed by atoms with Gasteiger partial charge in [0.15, 0.2) is 0 Å². The smallest absolute Gasteiger partial charge is 0.134 e. The first-order chi connectivity index (χ1) is 7.63. The van der Waals surface area contributed by atoms with Crippen LogP contribution in [-0.4, -0.2) is 7.11 Å². The summed E-state index contributed by atoms with van der Waals surface area (Å²) in [6.45, 7) is 0. The summed E-state index contributed by atoms with van der Waals surface area (Å²) in [5.41, 5.74) is 5.86. The molecule has 0 heterocycles. The molecule has 96 valence electrons. The van der Waals surface area contributed by atoms with E-state index in [1.54, 1.807) is 0 Å². The molecule has 0 radical (unpaired) electrons.